The molecule has 1 aromatic carbocycles. The first-order valence-corrected chi connectivity index (χ1v) is 5.72. The van der Waals surface area contributed by atoms with Crippen molar-refractivity contribution in [1.29, 1.82) is 0 Å². The standard InChI is InChI=1S/C13H18FNO2/c1-4-15(9(2)3)8-10-6-5-7-11(12(10)14)13(16)17/h5-7,9H,4,8H2,1-3H3,(H,16,17). The lowest BCUT2D eigenvalue weighted by molar-refractivity contribution is 0.0691. The van der Waals surface area contributed by atoms with Crippen LogP contribution in [0.4, 0.5) is 4.39 Å². The number of hydrogen-bond donors (Lipinski definition) is 1. The fraction of sp³-hybridized carbons (Fsp3) is 0.462. The molecule has 0 amide bonds. The van der Waals surface area contributed by atoms with Gasteiger partial charge in [-0.05, 0) is 26.5 Å². The van der Waals surface area contributed by atoms with E-state index in [1.165, 1.54) is 6.07 Å². The maximum atomic E-state index is 13.9. The van der Waals surface area contributed by atoms with Crippen molar-refractivity contribution in [3.63, 3.8) is 0 Å². The second kappa shape index (κ2) is 5.77. The van der Waals surface area contributed by atoms with E-state index < -0.39 is 11.8 Å². The molecule has 0 saturated heterocycles. The Balaban J connectivity index is 2.99. The van der Waals surface area contributed by atoms with Crippen molar-refractivity contribution < 1.29 is 14.3 Å². The van der Waals surface area contributed by atoms with E-state index in [4.69, 9.17) is 5.11 Å². The second-order valence-corrected chi connectivity index (χ2v) is 4.24. The monoisotopic (exact) mass is 239 g/mol. The van der Waals surface area contributed by atoms with Crippen molar-refractivity contribution >= 4 is 5.97 Å². The third kappa shape index (κ3) is 3.27. The summed E-state index contributed by atoms with van der Waals surface area (Å²) < 4.78 is 13.9. The van der Waals surface area contributed by atoms with Crippen LogP contribution in [0.2, 0.25) is 0 Å². The predicted molar refractivity (Wildman–Crippen MR) is 64.6 cm³/mol. The first-order valence-electron chi connectivity index (χ1n) is 5.72. The Morgan fingerprint density at radius 1 is 1.47 bits per heavy atom. The van der Waals surface area contributed by atoms with Gasteiger partial charge in [-0.2, -0.15) is 0 Å². The van der Waals surface area contributed by atoms with Gasteiger partial charge in [-0.1, -0.05) is 19.1 Å². The van der Waals surface area contributed by atoms with Gasteiger partial charge in [0.25, 0.3) is 0 Å². The molecule has 0 atom stereocenters. The van der Waals surface area contributed by atoms with Crippen molar-refractivity contribution in [2.45, 2.75) is 33.4 Å². The van der Waals surface area contributed by atoms with Crippen LogP contribution in [0.1, 0.15) is 36.7 Å². The van der Waals surface area contributed by atoms with E-state index in [1.54, 1.807) is 12.1 Å². The Morgan fingerprint density at radius 3 is 2.59 bits per heavy atom. The van der Waals surface area contributed by atoms with Gasteiger partial charge in [0.05, 0.1) is 5.56 Å². The molecule has 0 spiro atoms. The number of halogens is 1. The highest BCUT2D eigenvalue weighted by Gasteiger charge is 2.16. The molecule has 0 aliphatic rings. The zero-order valence-corrected chi connectivity index (χ0v) is 10.4. The zero-order chi connectivity index (χ0) is 13.0. The predicted octanol–water partition coefficient (Wildman–Crippen LogP) is 2.75. The minimum Gasteiger partial charge on any atom is -0.478 e. The number of aromatic carboxylic acids is 1. The highest BCUT2D eigenvalue weighted by Crippen LogP contribution is 2.16. The van der Waals surface area contributed by atoms with E-state index >= 15 is 0 Å². The number of hydrogen-bond acceptors (Lipinski definition) is 2. The SMILES string of the molecule is CCN(Cc1cccc(C(=O)O)c1F)C(C)C. The van der Waals surface area contributed by atoms with Crippen LogP contribution in [0.5, 0.6) is 0 Å². The van der Waals surface area contributed by atoms with Crippen LogP contribution in [-0.4, -0.2) is 28.6 Å². The molecule has 0 aliphatic heterocycles. The van der Waals surface area contributed by atoms with Gasteiger partial charge in [-0.25, -0.2) is 9.18 Å². The largest absolute Gasteiger partial charge is 0.478 e. The Bertz CT molecular complexity index is 404. The van der Waals surface area contributed by atoms with Gasteiger partial charge in [-0.3, -0.25) is 4.90 Å². The molecule has 94 valence electrons. The number of carbonyl (C=O) groups is 1. The van der Waals surface area contributed by atoms with Crippen LogP contribution in [0.25, 0.3) is 0 Å². The molecule has 3 nitrogen and oxygen atoms in total. The van der Waals surface area contributed by atoms with E-state index in [1.807, 2.05) is 20.8 Å². The molecule has 0 aromatic heterocycles. The summed E-state index contributed by atoms with van der Waals surface area (Å²) in [5.41, 5.74) is 0.169. The van der Waals surface area contributed by atoms with Crippen LogP contribution in [0.3, 0.4) is 0 Å². The van der Waals surface area contributed by atoms with Crippen LogP contribution >= 0.6 is 0 Å². The Kier molecular flexibility index (Phi) is 4.63. The molecule has 1 N–H and O–H groups in total. The third-order valence-corrected chi connectivity index (χ3v) is 2.82. The molecule has 1 rings (SSSR count). The summed E-state index contributed by atoms with van der Waals surface area (Å²) in [6, 6.07) is 4.79. The molecule has 1 aromatic rings. The quantitative estimate of drug-likeness (QED) is 0.859. The van der Waals surface area contributed by atoms with Crippen molar-refractivity contribution in [3.05, 3.63) is 35.1 Å². The molecule has 0 aliphatic carbocycles. The van der Waals surface area contributed by atoms with Gasteiger partial charge in [0.15, 0.2) is 0 Å². The van der Waals surface area contributed by atoms with Crippen LogP contribution in [0.15, 0.2) is 18.2 Å². The molecular weight excluding hydrogens is 221 g/mol. The topological polar surface area (TPSA) is 40.5 Å². The summed E-state index contributed by atoms with van der Waals surface area (Å²) in [7, 11) is 0. The van der Waals surface area contributed by atoms with Gasteiger partial charge in [0, 0.05) is 18.2 Å². The van der Waals surface area contributed by atoms with Crippen LogP contribution in [-0.2, 0) is 6.54 Å². The minimum absolute atomic E-state index is 0.262. The van der Waals surface area contributed by atoms with Crippen molar-refractivity contribution in [1.82, 2.24) is 4.90 Å². The van der Waals surface area contributed by atoms with Crippen molar-refractivity contribution in [3.8, 4) is 0 Å². The molecule has 0 fully saturated rings. The summed E-state index contributed by atoms with van der Waals surface area (Å²) >= 11 is 0. The summed E-state index contributed by atoms with van der Waals surface area (Å²) in [5, 5.41) is 8.84. The lowest BCUT2D eigenvalue weighted by atomic mass is 10.1. The molecule has 17 heavy (non-hydrogen) atoms. The van der Waals surface area contributed by atoms with Gasteiger partial charge in [0.1, 0.15) is 5.82 Å². The third-order valence-electron chi connectivity index (χ3n) is 2.82. The van der Waals surface area contributed by atoms with Crippen LogP contribution in [0, 0.1) is 5.82 Å². The minimum atomic E-state index is -1.23. The first-order chi connectivity index (χ1) is 7.97. The highest BCUT2D eigenvalue weighted by atomic mass is 19.1. The number of carboxylic acids is 1. The smallest absolute Gasteiger partial charge is 0.338 e. The number of rotatable bonds is 5. The number of nitrogens with zero attached hydrogens (tertiary/aromatic N) is 1. The van der Waals surface area contributed by atoms with E-state index in [-0.39, 0.29) is 5.56 Å². The lowest BCUT2D eigenvalue weighted by Gasteiger charge is -2.25. The maximum absolute atomic E-state index is 13.9. The van der Waals surface area contributed by atoms with Gasteiger partial charge >= 0.3 is 5.97 Å². The van der Waals surface area contributed by atoms with E-state index in [0.29, 0.717) is 18.2 Å². The molecule has 4 heteroatoms. The van der Waals surface area contributed by atoms with Gasteiger partial charge in [0.2, 0.25) is 0 Å². The molecule has 0 radical (unpaired) electrons. The Morgan fingerprint density at radius 2 is 2.12 bits per heavy atom. The van der Waals surface area contributed by atoms with Gasteiger partial charge in [-0.15, -0.1) is 0 Å². The highest BCUT2D eigenvalue weighted by molar-refractivity contribution is 5.88. The van der Waals surface area contributed by atoms with Crippen molar-refractivity contribution in [2.75, 3.05) is 6.54 Å². The number of benzene rings is 1. The lowest BCUT2D eigenvalue weighted by Crippen LogP contribution is -2.30. The summed E-state index contributed by atoms with van der Waals surface area (Å²) in [6.07, 6.45) is 0. The van der Waals surface area contributed by atoms with Gasteiger partial charge < -0.3 is 5.11 Å². The molecule has 0 unspecified atom stereocenters. The Labute approximate surface area is 101 Å². The second-order valence-electron chi connectivity index (χ2n) is 4.24. The van der Waals surface area contributed by atoms with E-state index in [2.05, 4.69) is 4.90 Å². The number of carboxylic acid groups (broad SMARTS) is 1. The summed E-state index contributed by atoms with van der Waals surface area (Å²) in [5.74, 6) is -1.85. The van der Waals surface area contributed by atoms with Crippen molar-refractivity contribution in [2.24, 2.45) is 0 Å². The van der Waals surface area contributed by atoms with Crippen LogP contribution < -0.4 is 0 Å². The average molecular weight is 239 g/mol. The fourth-order valence-electron chi connectivity index (χ4n) is 1.75. The molecule has 0 saturated carbocycles. The fourth-order valence-corrected chi connectivity index (χ4v) is 1.75. The molecule has 0 bridgehead atoms. The normalized spacial score (nSPS) is 11.2. The maximum Gasteiger partial charge on any atom is 0.338 e. The molecule has 0 heterocycles. The summed E-state index contributed by atoms with van der Waals surface area (Å²) in [6.45, 7) is 7.29. The van der Waals surface area contributed by atoms with E-state index in [0.717, 1.165) is 6.54 Å². The Hall–Kier alpha value is -1.42. The summed E-state index contributed by atoms with van der Waals surface area (Å²) in [4.78, 5) is 12.9. The first kappa shape index (κ1) is 13.6. The zero-order valence-electron chi connectivity index (χ0n) is 10.4. The molecular formula is C13H18FNO2. The average Bonchev–Trinajstić information content (AvgIpc) is 2.26. The van der Waals surface area contributed by atoms with E-state index in [9.17, 15) is 9.18 Å².